The Balaban J connectivity index is 1.60. The molecule has 2 aromatic rings. The summed E-state index contributed by atoms with van der Waals surface area (Å²) in [6, 6.07) is 4.79. The number of carbonyl (C=O) groups excluding carboxylic acids is 3. The molecule has 0 bridgehead atoms. The molecule has 1 atom stereocenters. The summed E-state index contributed by atoms with van der Waals surface area (Å²) in [6.45, 7) is 1.32. The number of urea groups is 1. The van der Waals surface area contributed by atoms with Gasteiger partial charge in [-0.15, -0.1) is 0 Å². The van der Waals surface area contributed by atoms with Crippen LogP contribution in [0.1, 0.15) is 49.6 Å². The summed E-state index contributed by atoms with van der Waals surface area (Å²) in [5, 5.41) is 5.48. The number of amides is 3. The highest BCUT2D eigenvalue weighted by molar-refractivity contribution is 6.31. The highest BCUT2D eigenvalue weighted by Crippen LogP contribution is 2.19. The molecule has 29 heavy (non-hydrogen) atoms. The molecule has 1 heterocycles. The van der Waals surface area contributed by atoms with Gasteiger partial charge in [-0.2, -0.15) is 0 Å². The van der Waals surface area contributed by atoms with Crippen LogP contribution in [0.25, 0.3) is 11.0 Å². The quantitative estimate of drug-likeness (QED) is 0.734. The standard InChI is InChI=1S/C20H21ClN2O6/c1-11(18(25)23-20(27)22-13-5-3-2-4-6-13)28-19(26)17-10-15(24)14-9-12(21)7-8-16(14)29-17/h7-11,13H,2-6H2,1H3,(H2,22,23,25,27)/t11-/m1/s1. The average molecular weight is 421 g/mol. The maximum absolute atomic E-state index is 12.3. The van der Waals surface area contributed by atoms with Gasteiger partial charge in [-0.25, -0.2) is 9.59 Å². The maximum atomic E-state index is 12.3. The van der Waals surface area contributed by atoms with Crippen molar-refractivity contribution < 1.29 is 23.5 Å². The molecule has 154 valence electrons. The Hall–Kier alpha value is -2.87. The molecule has 3 amide bonds. The fourth-order valence-electron chi connectivity index (χ4n) is 3.18. The summed E-state index contributed by atoms with van der Waals surface area (Å²) in [5.41, 5.74) is -0.303. The van der Waals surface area contributed by atoms with Crippen molar-refractivity contribution in [3.63, 3.8) is 0 Å². The number of fused-ring (bicyclic) bond motifs is 1. The van der Waals surface area contributed by atoms with Gasteiger partial charge in [-0.05, 0) is 38.0 Å². The van der Waals surface area contributed by atoms with Gasteiger partial charge in [0, 0.05) is 17.1 Å². The second-order valence-electron chi connectivity index (χ2n) is 6.96. The molecule has 3 rings (SSSR count). The second-order valence-corrected chi connectivity index (χ2v) is 7.40. The Labute approximate surface area is 171 Å². The van der Waals surface area contributed by atoms with Gasteiger partial charge in [-0.1, -0.05) is 30.9 Å². The van der Waals surface area contributed by atoms with Crippen LogP contribution in [-0.2, 0) is 9.53 Å². The number of esters is 1. The minimum atomic E-state index is -1.26. The Morgan fingerprint density at radius 1 is 1.17 bits per heavy atom. The molecule has 9 heteroatoms. The third-order valence-electron chi connectivity index (χ3n) is 4.72. The van der Waals surface area contributed by atoms with E-state index in [4.69, 9.17) is 20.8 Å². The number of halogens is 1. The minimum absolute atomic E-state index is 0.0368. The Bertz CT molecular complexity index is 996. The summed E-state index contributed by atoms with van der Waals surface area (Å²) < 4.78 is 10.4. The molecule has 1 aliphatic carbocycles. The largest absolute Gasteiger partial charge is 0.449 e. The van der Waals surface area contributed by atoms with Crippen molar-refractivity contribution in [1.82, 2.24) is 10.6 Å². The summed E-state index contributed by atoms with van der Waals surface area (Å²) in [7, 11) is 0. The van der Waals surface area contributed by atoms with Crippen LogP contribution in [0.15, 0.2) is 33.5 Å². The van der Waals surface area contributed by atoms with E-state index in [2.05, 4.69) is 10.6 Å². The van der Waals surface area contributed by atoms with Crippen molar-refractivity contribution >= 4 is 40.5 Å². The average Bonchev–Trinajstić information content (AvgIpc) is 2.68. The second kappa shape index (κ2) is 9.09. The summed E-state index contributed by atoms with van der Waals surface area (Å²) in [5.74, 6) is -2.12. The monoisotopic (exact) mass is 420 g/mol. The van der Waals surface area contributed by atoms with Crippen LogP contribution in [0.4, 0.5) is 4.79 Å². The van der Waals surface area contributed by atoms with E-state index in [1.165, 1.54) is 25.1 Å². The summed E-state index contributed by atoms with van der Waals surface area (Å²) in [6.07, 6.45) is 3.71. The lowest BCUT2D eigenvalue weighted by Gasteiger charge is -2.23. The van der Waals surface area contributed by atoms with Crippen LogP contribution in [-0.4, -0.2) is 30.1 Å². The third kappa shape index (κ3) is 5.35. The number of carbonyl (C=O) groups is 3. The molecule has 1 aliphatic rings. The van der Waals surface area contributed by atoms with Crippen LogP contribution in [0.3, 0.4) is 0 Å². The molecule has 1 aromatic carbocycles. The number of nitrogens with one attached hydrogen (secondary N) is 2. The van der Waals surface area contributed by atoms with Crippen molar-refractivity contribution in [1.29, 1.82) is 0 Å². The molecule has 1 saturated carbocycles. The fourth-order valence-corrected chi connectivity index (χ4v) is 3.36. The van der Waals surface area contributed by atoms with Crippen LogP contribution >= 0.6 is 11.6 Å². The van der Waals surface area contributed by atoms with Crippen LogP contribution < -0.4 is 16.1 Å². The summed E-state index contributed by atoms with van der Waals surface area (Å²) in [4.78, 5) is 48.5. The first-order valence-corrected chi connectivity index (χ1v) is 9.77. The van der Waals surface area contributed by atoms with Gasteiger partial charge in [0.1, 0.15) is 5.58 Å². The molecule has 0 aliphatic heterocycles. The highest BCUT2D eigenvalue weighted by Gasteiger charge is 2.24. The van der Waals surface area contributed by atoms with Crippen LogP contribution in [0, 0.1) is 0 Å². The van der Waals surface area contributed by atoms with Gasteiger partial charge in [0.25, 0.3) is 5.91 Å². The number of benzene rings is 1. The fraction of sp³-hybridized carbons (Fsp3) is 0.400. The molecule has 8 nitrogen and oxygen atoms in total. The Kier molecular flexibility index (Phi) is 6.53. The Morgan fingerprint density at radius 3 is 2.62 bits per heavy atom. The smallest absolute Gasteiger partial charge is 0.375 e. The lowest BCUT2D eigenvalue weighted by Crippen LogP contribution is -2.48. The van der Waals surface area contributed by atoms with E-state index in [0.717, 1.165) is 38.2 Å². The molecular formula is C20H21ClN2O6. The lowest BCUT2D eigenvalue weighted by atomic mass is 9.96. The van der Waals surface area contributed by atoms with E-state index in [-0.39, 0.29) is 22.8 Å². The van der Waals surface area contributed by atoms with Gasteiger partial charge in [0.05, 0.1) is 5.39 Å². The zero-order valence-electron chi connectivity index (χ0n) is 15.8. The van der Waals surface area contributed by atoms with Crippen molar-refractivity contribution in [3.05, 3.63) is 45.3 Å². The van der Waals surface area contributed by atoms with Gasteiger partial charge < -0.3 is 14.5 Å². The van der Waals surface area contributed by atoms with Crippen molar-refractivity contribution in [2.24, 2.45) is 0 Å². The number of ether oxygens (including phenoxy) is 1. The van der Waals surface area contributed by atoms with E-state index < -0.39 is 29.4 Å². The number of imide groups is 1. The molecule has 1 aromatic heterocycles. The zero-order chi connectivity index (χ0) is 21.0. The first-order chi connectivity index (χ1) is 13.8. The molecule has 0 spiro atoms. The van der Waals surface area contributed by atoms with Crippen molar-refractivity contribution in [2.75, 3.05) is 0 Å². The minimum Gasteiger partial charge on any atom is -0.449 e. The normalized spacial score (nSPS) is 15.5. The lowest BCUT2D eigenvalue weighted by molar-refractivity contribution is -0.128. The first-order valence-electron chi connectivity index (χ1n) is 9.39. The molecule has 2 N–H and O–H groups in total. The van der Waals surface area contributed by atoms with E-state index in [1.54, 1.807) is 0 Å². The van der Waals surface area contributed by atoms with Crippen molar-refractivity contribution in [2.45, 2.75) is 51.2 Å². The highest BCUT2D eigenvalue weighted by atomic mass is 35.5. The Morgan fingerprint density at radius 2 is 1.90 bits per heavy atom. The van der Waals surface area contributed by atoms with Gasteiger partial charge in [-0.3, -0.25) is 14.9 Å². The molecule has 0 radical (unpaired) electrons. The van der Waals surface area contributed by atoms with Crippen LogP contribution in [0.2, 0.25) is 5.02 Å². The molecular weight excluding hydrogens is 400 g/mol. The van der Waals surface area contributed by atoms with Gasteiger partial charge in [0.2, 0.25) is 5.76 Å². The number of hydrogen-bond donors (Lipinski definition) is 2. The topological polar surface area (TPSA) is 115 Å². The zero-order valence-corrected chi connectivity index (χ0v) is 16.6. The predicted octanol–water partition coefficient (Wildman–Crippen LogP) is 3.15. The maximum Gasteiger partial charge on any atom is 0.375 e. The number of rotatable bonds is 4. The van der Waals surface area contributed by atoms with Crippen molar-refractivity contribution in [3.8, 4) is 0 Å². The van der Waals surface area contributed by atoms with E-state index in [0.29, 0.717) is 5.02 Å². The predicted molar refractivity (Wildman–Crippen MR) is 106 cm³/mol. The summed E-state index contributed by atoms with van der Waals surface area (Å²) >= 11 is 5.85. The van der Waals surface area contributed by atoms with Gasteiger partial charge in [0.15, 0.2) is 11.5 Å². The first kappa shape index (κ1) is 20.9. The molecule has 0 saturated heterocycles. The van der Waals surface area contributed by atoms with Crippen LogP contribution in [0.5, 0.6) is 0 Å². The van der Waals surface area contributed by atoms with E-state index >= 15 is 0 Å². The van der Waals surface area contributed by atoms with E-state index in [9.17, 15) is 19.2 Å². The molecule has 1 fully saturated rings. The third-order valence-corrected chi connectivity index (χ3v) is 4.96. The SMILES string of the molecule is C[C@@H](OC(=O)c1cc(=O)c2cc(Cl)ccc2o1)C(=O)NC(=O)NC1CCCCC1. The number of hydrogen-bond acceptors (Lipinski definition) is 6. The molecule has 0 unspecified atom stereocenters. The van der Waals surface area contributed by atoms with Gasteiger partial charge >= 0.3 is 12.0 Å². The van der Waals surface area contributed by atoms with E-state index in [1.807, 2.05) is 0 Å².